The third-order valence-corrected chi connectivity index (χ3v) is 4.58. The van der Waals surface area contributed by atoms with Gasteiger partial charge in [0.1, 0.15) is 0 Å². The fourth-order valence-electron chi connectivity index (χ4n) is 1.76. The van der Waals surface area contributed by atoms with Gasteiger partial charge in [-0.2, -0.15) is 0 Å². The van der Waals surface area contributed by atoms with Crippen LogP contribution in [0.15, 0.2) is 4.99 Å². The summed E-state index contributed by atoms with van der Waals surface area (Å²) in [5, 5.41) is 0. The average molecular weight is 262 g/mol. The molecule has 0 aliphatic carbocycles. The number of ether oxygens (including phenoxy) is 1. The molecule has 1 fully saturated rings. The van der Waals surface area contributed by atoms with E-state index in [1.54, 1.807) is 0 Å². The van der Waals surface area contributed by atoms with Crippen LogP contribution in [-0.2, 0) is 19.6 Å². The zero-order valence-corrected chi connectivity index (χ0v) is 10.8. The number of hydrogen-bond donors (Lipinski definition) is 0. The molecule has 6 nitrogen and oxygen atoms in total. The Kier molecular flexibility index (Phi) is 5.77. The normalized spacial score (nSPS) is 18.9. The van der Waals surface area contributed by atoms with Crippen molar-refractivity contribution in [3.63, 3.8) is 0 Å². The molecule has 98 valence electrons. The minimum Gasteiger partial charge on any atom is -0.381 e. The number of nitrogens with zero attached hydrogens (tertiary/aromatic N) is 2. The molecule has 0 radical (unpaired) electrons. The molecule has 0 bridgehead atoms. The first-order valence-corrected chi connectivity index (χ1v) is 7.33. The van der Waals surface area contributed by atoms with Gasteiger partial charge in [0, 0.05) is 19.7 Å². The second-order valence-electron chi connectivity index (χ2n) is 3.86. The van der Waals surface area contributed by atoms with Gasteiger partial charge in [-0.25, -0.2) is 22.5 Å². The van der Waals surface area contributed by atoms with E-state index in [1.807, 2.05) is 6.92 Å². The molecule has 0 N–H and O–H groups in total. The fourth-order valence-corrected chi connectivity index (χ4v) is 3.12. The van der Waals surface area contributed by atoms with Gasteiger partial charge in [-0.1, -0.05) is 0 Å². The Morgan fingerprint density at radius 1 is 1.41 bits per heavy atom. The molecule has 1 saturated heterocycles. The lowest BCUT2D eigenvalue weighted by atomic mass is 10.1. The Morgan fingerprint density at radius 2 is 2.06 bits per heavy atom. The molecule has 1 aliphatic heterocycles. The molecule has 0 unspecified atom stereocenters. The standard InChI is InChI=1S/C10H18N2O4S/c1-2-16-7-8-17(14,15)12-5-3-10(4-6-12)11-9-13/h10H,2-8H2,1H3. The van der Waals surface area contributed by atoms with Crippen LogP contribution in [-0.4, -0.2) is 56.9 Å². The van der Waals surface area contributed by atoms with Crippen LogP contribution < -0.4 is 0 Å². The molecule has 7 heteroatoms. The lowest BCUT2D eigenvalue weighted by molar-refractivity contribution is 0.162. The Balaban J connectivity index is 2.44. The van der Waals surface area contributed by atoms with Gasteiger partial charge in [0.15, 0.2) is 0 Å². The third kappa shape index (κ3) is 4.55. The van der Waals surface area contributed by atoms with Crippen LogP contribution in [0, 0.1) is 0 Å². The number of rotatable bonds is 6. The smallest absolute Gasteiger partial charge is 0.235 e. The van der Waals surface area contributed by atoms with E-state index in [0.717, 1.165) is 0 Å². The molecule has 1 rings (SSSR count). The second-order valence-corrected chi connectivity index (χ2v) is 5.95. The van der Waals surface area contributed by atoms with Crippen molar-refractivity contribution in [3.8, 4) is 0 Å². The summed E-state index contributed by atoms with van der Waals surface area (Å²) in [7, 11) is -3.23. The summed E-state index contributed by atoms with van der Waals surface area (Å²) in [4.78, 5) is 13.7. The van der Waals surface area contributed by atoms with Crippen molar-refractivity contribution < 1.29 is 17.9 Å². The van der Waals surface area contributed by atoms with Crippen LogP contribution >= 0.6 is 0 Å². The first-order valence-electron chi connectivity index (χ1n) is 5.72. The van der Waals surface area contributed by atoms with Crippen molar-refractivity contribution in [2.24, 2.45) is 4.99 Å². The largest absolute Gasteiger partial charge is 0.381 e. The zero-order valence-electron chi connectivity index (χ0n) is 9.96. The van der Waals surface area contributed by atoms with Gasteiger partial charge in [0.05, 0.1) is 18.4 Å². The van der Waals surface area contributed by atoms with Crippen molar-refractivity contribution in [3.05, 3.63) is 0 Å². The maximum atomic E-state index is 11.9. The molecule has 0 saturated carbocycles. The Hall–Kier alpha value is -0.750. The Bertz CT molecular complexity index is 368. The zero-order chi connectivity index (χ0) is 12.7. The highest BCUT2D eigenvalue weighted by Crippen LogP contribution is 2.16. The predicted octanol–water partition coefficient (Wildman–Crippen LogP) is 0.153. The van der Waals surface area contributed by atoms with Gasteiger partial charge in [-0.3, -0.25) is 0 Å². The van der Waals surface area contributed by atoms with Gasteiger partial charge in [-0.15, -0.1) is 0 Å². The second kappa shape index (κ2) is 6.86. The molecule has 0 atom stereocenters. The van der Waals surface area contributed by atoms with E-state index in [1.165, 1.54) is 10.4 Å². The highest BCUT2D eigenvalue weighted by Gasteiger charge is 2.27. The van der Waals surface area contributed by atoms with Crippen LogP contribution in [0.1, 0.15) is 19.8 Å². The van der Waals surface area contributed by atoms with Crippen LogP contribution in [0.25, 0.3) is 0 Å². The van der Waals surface area contributed by atoms with Crippen molar-refractivity contribution in [2.45, 2.75) is 25.8 Å². The predicted molar refractivity (Wildman–Crippen MR) is 63.0 cm³/mol. The van der Waals surface area contributed by atoms with Crippen LogP contribution in [0.5, 0.6) is 0 Å². The van der Waals surface area contributed by atoms with Crippen LogP contribution in [0.4, 0.5) is 0 Å². The number of aliphatic imine (C=N–C) groups is 1. The Labute approximate surface area is 102 Å². The molecule has 0 aromatic rings. The van der Waals surface area contributed by atoms with E-state index in [9.17, 15) is 13.2 Å². The lowest BCUT2D eigenvalue weighted by Gasteiger charge is -2.28. The van der Waals surface area contributed by atoms with Crippen LogP contribution in [0.2, 0.25) is 0 Å². The summed E-state index contributed by atoms with van der Waals surface area (Å²) in [6.45, 7) is 3.42. The molecule has 1 heterocycles. The molecule has 0 amide bonds. The molecular weight excluding hydrogens is 244 g/mol. The summed E-state index contributed by atoms with van der Waals surface area (Å²) in [6.07, 6.45) is 2.69. The van der Waals surface area contributed by atoms with E-state index in [2.05, 4.69) is 4.99 Å². The van der Waals surface area contributed by atoms with E-state index >= 15 is 0 Å². The Morgan fingerprint density at radius 3 is 2.59 bits per heavy atom. The quantitative estimate of drug-likeness (QED) is 0.388. The van der Waals surface area contributed by atoms with Crippen molar-refractivity contribution in [1.29, 1.82) is 0 Å². The topological polar surface area (TPSA) is 76.0 Å². The molecule has 17 heavy (non-hydrogen) atoms. The highest BCUT2D eigenvalue weighted by molar-refractivity contribution is 7.89. The van der Waals surface area contributed by atoms with E-state index in [0.29, 0.717) is 32.5 Å². The fraction of sp³-hybridized carbons (Fsp3) is 0.900. The number of sulfonamides is 1. The van der Waals surface area contributed by atoms with Gasteiger partial charge in [-0.05, 0) is 19.8 Å². The summed E-state index contributed by atoms with van der Waals surface area (Å²) in [6, 6.07) is -0.0779. The molecule has 0 aromatic carbocycles. The van der Waals surface area contributed by atoms with Gasteiger partial charge in [0.25, 0.3) is 0 Å². The van der Waals surface area contributed by atoms with E-state index in [-0.39, 0.29) is 18.4 Å². The van der Waals surface area contributed by atoms with Crippen LogP contribution in [0.3, 0.4) is 0 Å². The van der Waals surface area contributed by atoms with Gasteiger partial charge in [0.2, 0.25) is 16.1 Å². The van der Waals surface area contributed by atoms with E-state index in [4.69, 9.17) is 4.74 Å². The minimum atomic E-state index is -3.23. The van der Waals surface area contributed by atoms with Gasteiger partial charge >= 0.3 is 0 Å². The minimum absolute atomic E-state index is 0.0163. The SMILES string of the molecule is CCOCCS(=O)(=O)N1CCC(N=C=O)CC1. The number of piperidine rings is 1. The van der Waals surface area contributed by atoms with Gasteiger partial charge < -0.3 is 4.74 Å². The van der Waals surface area contributed by atoms with E-state index < -0.39 is 10.0 Å². The molecule has 0 aromatic heterocycles. The van der Waals surface area contributed by atoms with Crippen molar-refractivity contribution in [1.82, 2.24) is 4.31 Å². The lowest BCUT2D eigenvalue weighted by Crippen LogP contribution is -2.41. The van der Waals surface area contributed by atoms with Crippen molar-refractivity contribution in [2.75, 3.05) is 32.1 Å². The third-order valence-electron chi connectivity index (χ3n) is 2.74. The average Bonchev–Trinajstić information content (AvgIpc) is 2.30. The molecule has 0 spiro atoms. The summed E-state index contributed by atoms with van der Waals surface area (Å²) < 4.78 is 30.2. The number of carbonyl (C=O) groups excluding carboxylic acids is 1. The first-order chi connectivity index (χ1) is 8.10. The highest BCUT2D eigenvalue weighted by atomic mass is 32.2. The summed E-state index contributed by atoms with van der Waals surface area (Å²) in [5.41, 5.74) is 0. The maximum Gasteiger partial charge on any atom is 0.235 e. The first kappa shape index (κ1) is 14.3. The monoisotopic (exact) mass is 262 g/mol. The maximum absolute atomic E-state index is 11.9. The number of hydrogen-bond acceptors (Lipinski definition) is 5. The van der Waals surface area contributed by atoms with Crippen molar-refractivity contribution >= 4 is 16.1 Å². The summed E-state index contributed by atoms with van der Waals surface area (Å²) >= 11 is 0. The summed E-state index contributed by atoms with van der Waals surface area (Å²) in [5.74, 6) is 0.0163. The number of isocyanates is 1. The molecular formula is C10H18N2O4S. The molecule has 1 aliphatic rings.